The molecule has 0 aliphatic rings. The van der Waals surface area contributed by atoms with E-state index in [-0.39, 0.29) is 12.3 Å². The van der Waals surface area contributed by atoms with Crippen molar-refractivity contribution in [1.82, 2.24) is 5.32 Å². The first-order valence-corrected chi connectivity index (χ1v) is 5.99. The highest BCUT2D eigenvalue weighted by Gasteiger charge is 2.13. The summed E-state index contributed by atoms with van der Waals surface area (Å²) >= 11 is 0. The predicted molar refractivity (Wildman–Crippen MR) is 52.1 cm³/mol. The second-order valence-electron chi connectivity index (χ2n) is 2.79. The Kier molecular flexibility index (Phi) is 5.66. The highest BCUT2D eigenvalue weighted by atomic mass is 32.2. The van der Waals surface area contributed by atoms with Crippen LogP contribution in [0.1, 0.15) is 13.8 Å². The molecule has 0 saturated heterocycles. The van der Waals surface area contributed by atoms with Crippen LogP contribution in [-0.2, 0) is 19.6 Å². The first-order valence-electron chi connectivity index (χ1n) is 4.27. The fourth-order valence-corrected chi connectivity index (χ4v) is 1.17. The Morgan fingerprint density at radius 2 is 2.14 bits per heavy atom. The van der Waals surface area contributed by atoms with Crippen molar-refractivity contribution in [2.45, 2.75) is 19.9 Å². The van der Waals surface area contributed by atoms with Gasteiger partial charge in [0.05, 0.1) is 12.4 Å². The van der Waals surface area contributed by atoms with Crippen LogP contribution in [0.3, 0.4) is 0 Å². The third-order valence-electron chi connectivity index (χ3n) is 1.48. The van der Waals surface area contributed by atoms with Gasteiger partial charge in [-0.3, -0.25) is 4.79 Å². The van der Waals surface area contributed by atoms with Gasteiger partial charge in [0.25, 0.3) is 0 Å². The van der Waals surface area contributed by atoms with E-state index < -0.39 is 22.0 Å². The molecule has 1 unspecified atom stereocenters. The first-order chi connectivity index (χ1) is 6.37. The van der Waals surface area contributed by atoms with Gasteiger partial charge < -0.3 is 10.1 Å². The van der Waals surface area contributed by atoms with Gasteiger partial charge in [-0.25, -0.2) is 13.6 Å². The van der Waals surface area contributed by atoms with Crippen molar-refractivity contribution < 1.29 is 17.9 Å². The number of carbonyl (C=O) groups is 1. The van der Waals surface area contributed by atoms with E-state index in [4.69, 9.17) is 9.88 Å². The highest BCUT2D eigenvalue weighted by Crippen LogP contribution is 1.87. The largest absolute Gasteiger partial charge is 0.465 e. The molecular formula is C7H16N2O4S. The van der Waals surface area contributed by atoms with Gasteiger partial charge in [-0.05, 0) is 13.8 Å². The number of esters is 1. The van der Waals surface area contributed by atoms with E-state index in [2.05, 4.69) is 5.32 Å². The van der Waals surface area contributed by atoms with Crippen LogP contribution in [0.25, 0.3) is 0 Å². The number of nitrogens with two attached hydrogens (primary N) is 1. The van der Waals surface area contributed by atoms with Crippen molar-refractivity contribution in [1.29, 1.82) is 0 Å². The number of hydrogen-bond donors (Lipinski definition) is 2. The van der Waals surface area contributed by atoms with Crippen molar-refractivity contribution in [3.8, 4) is 0 Å². The molecule has 0 aromatic heterocycles. The van der Waals surface area contributed by atoms with Crippen LogP contribution < -0.4 is 10.5 Å². The minimum absolute atomic E-state index is 0.138. The monoisotopic (exact) mass is 224 g/mol. The van der Waals surface area contributed by atoms with Crippen LogP contribution in [0.5, 0.6) is 0 Å². The lowest BCUT2D eigenvalue weighted by molar-refractivity contribution is -0.145. The average Bonchev–Trinajstić information content (AvgIpc) is 2.02. The van der Waals surface area contributed by atoms with Gasteiger partial charge in [0, 0.05) is 6.54 Å². The summed E-state index contributed by atoms with van der Waals surface area (Å²) < 4.78 is 25.8. The molecule has 7 heteroatoms. The third-order valence-corrected chi connectivity index (χ3v) is 2.25. The van der Waals surface area contributed by atoms with E-state index in [1.807, 2.05) is 0 Å². The lowest BCUT2D eigenvalue weighted by Gasteiger charge is -2.11. The summed E-state index contributed by atoms with van der Waals surface area (Å²) in [5.74, 6) is -0.599. The Morgan fingerprint density at radius 1 is 1.57 bits per heavy atom. The normalized spacial score (nSPS) is 13.6. The Balaban J connectivity index is 3.74. The van der Waals surface area contributed by atoms with Gasteiger partial charge in [-0.15, -0.1) is 0 Å². The summed E-state index contributed by atoms with van der Waals surface area (Å²) in [5.41, 5.74) is 0. The van der Waals surface area contributed by atoms with Crippen molar-refractivity contribution in [2.24, 2.45) is 5.14 Å². The zero-order valence-corrected chi connectivity index (χ0v) is 9.13. The second-order valence-corrected chi connectivity index (χ2v) is 4.53. The summed E-state index contributed by atoms with van der Waals surface area (Å²) in [6, 6.07) is -0.517. The second kappa shape index (κ2) is 5.94. The number of hydrogen-bond acceptors (Lipinski definition) is 5. The maximum atomic E-state index is 11.0. The van der Waals surface area contributed by atoms with Gasteiger partial charge in [0.2, 0.25) is 10.0 Å². The molecule has 0 aliphatic carbocycles. The molecule has 0 aliphatic heterocycles. The fourth-order valence-electron chi connectivity index (χ4n) is 0.768. The standard InChI is InChI=1S/C7H16N2O4S/c1-3-13-7(10)6(2)9-4-5-14(8,11)12/h6,9H,3-5H2,1-2H3,(H2,8,11,12). The van der Waals surface area contributed by atoms with Gasteiger partial charge in [-0.1, -0.05) is 0 Å². The smallest absolute Gasteiger partial charge is 0.322 e. The Hall–Kier alpha value is -0.660. The Labute approximate surface area is 83.9 Å². The quantitative estimate of drug-likeness (QED) is 0.553. The maximum absolute atomic E-state index is 11.0. The van der Waals surface area contributed by atoms with E-state index >= 15 is 0 Å². The van der Waals surface area contributed by atoms with Crippen LogP contribution in [0.4, 0.5) is 0 Å². The van der Waals surface area contributed by atoms with Crippen LogP contribution in [-0.4, -0.2) is 39.3 Å². The molecule has 3 N–H and O–H groups in total. The van der Waals surface area contributed by atoms with Crippen LogP contribution in [0, 0.1) is 0 Å². The molecule has 0 spiro atoms. The summed E-state index contributed by atoms with van der Waals surface area (Å²) in [6.45, 7) is 3.74. The third kappa shape index (κ3) is 6.81. The SMILES string of the molecule is CCOC(=O)C(C)NCCS(N)(=O)=O. The highest BCUT2D eigenvalue weighted by molar-refractivity contribution is 7.89. The number of nitrogens with one attached hydrogen (secondary N) is 1. The van der Waals surface area contributed by atoms with Gasteiger partial charge >= 0.3 is 5.97 Å². The summed E-state index contributed by atoms with van der Waals surface area (Å²) in [5, 5.41) is 7.46. The lowest BCUT2D eigenvalue weighted by Crippen LogP contribution is -2.38. The zero-order chi connectivity index (χ0) is 11.2. The molecule has 0 heterocycles. The average molecular weight is 224 g/mol. The predicted octanol–water partition coefficient (Wildman–Crippen LogP) is -1.18. The zero-order valence-electron chi connectivity index (χ0n) is 8.32. The van der Waals surface area contributed by atoms with Gasteiger partial charge in [0.1, 0.15) is 6.04 Å². The molecule has 0 saturated carbocycles. The van der Waals surface area contributed by atoms with Crippen molar-refractivity contribution in [3.05, 3.63) is 0 Å². The van der Waals surface area contributed by atoms with Crippen molar-refractivity contribution in [3.63, 3.8) is 0 Å². The van der Waals surface area contributed by atoms with Crippen LogP contribution >= 0.6 is 0 Å². The van der Waals surface area contributed by atoms with E-state index in [1.165, 1.54) is 0 Å². The number of primary sulfonamides is 1. The topological polar surface area (TPSA) is 98.5 Å². The van der Waals surface area contributed by atoms with Crippen molar-refractivity contribution in [2.75, 3.05) is 18.9 Å². The first kappa shape index (κ1) is 13.3. The van der Waals surface area contributed by atoms with E-state index in [1.54, 1.807) is 13.8 Å². The van der Waals surface area contributed by atoms with E-state index in [0.29, 0.717) is 6.61 Å². The molecule has 0 amide bonds. The molecule has 6 nitrogen and oxygen atoms in total. The fraction of sp³-hybridized carbons (Fsp3) is 0.857. The molecule has 0 fully saturated rings. The van der Waals surface area contributed by atoms with E-state index in [9.17, 15) is 13.2 Å². The molecule has 0 rings (SSSR count). The molecule has 0 bridgehead atoms. The van der Waals surface area contributed by atoms with Crippen LogP contribution in [0.2, 0.25) is 0 Å². The van der Waals surface area contributed by atoms with Gasteiger partial charge in [-0.2, -0.15) is 0 Å². The number of rotatable bonds is 6. The van der Waals surface area contributed by atoms with Crippen LogP contribution in [0.15, 0.2) is 0 Å². The number of sulfonamides is 1. The molecule has 84 valence electrons. The van der Waals surface area contributed by atoms with Gasteiger partial charge in [0.15, 0.2) is 0 Å². The molecule has 14 heavy (non-hydrogen) atoms. The summed E-state index contributed by atoms with van der Waals surface area (Å²) in [6.07, 6.45) is 0. The molecule has 0 aromatic carbocycles. The summed E-state index contributed by atoms with van der Waals surface area (Å²) in [4.78, 5) is 11.0. The van der Waals surface area contributed by atoms with E-state index in [0.717, 1.165) is 0 Å². The molecule has 0 aromatic rings. The van der Waals surface area contributed by atoms with Crippen molar-refractivity contribution >= 4 is 16.0 Å². The Morgan fingerprint density at radius 3 is 2.57 bits per heavy atom. The lowest BCUT2D eigenvalue weighted by atomic mass is 10.3. The minimum atomic E-state index is -3.47. The Bertz CT molecular complexity index is 275. The number of carbonyl (C=O) groups excluding carboxylic acids is 1. The minimum Gasteiger partial charge on any atom is -0.465 e. The molecular weight excluding hydrogens is 208 g/mol. The maximum Gasteiger partial charge on any atom is 0.322 e. The molecule has 0 radical (unpaired) electrons. The summed E-state index contributed by atoms with van der Waals surface area (Å²) in [7, 11) is -3.47. The molecule has 1 atom stereocenters. The number of ether oxygens (including phenoxy) is 1.